The van der Waals surface area contributed by atoms with Crippen molar-refractivity contribution in [1.29, 1.82) is 0 Å². The summed E-state index contributed by atoms with van der Waals surface area (Å²) in [4.78, 5) is 5.04. The third-order valence-corrected chi connectivity index (χ3v) is 5.81. The fourth-order valence-electron chi connectivity index (χ4n) is 4.74. The van der Waals surface area contributed by atoms with Crippen molar-refractivity contribution in [3.05, 3.63) is 52.8 Å². The molecule has 0 amide bonds. The lowest BCUT2D eigenvalue weighted by molar-refractivity contribution is 0.303. The summed E-state index contributed by atoms with van der Waals surface area (Å²) < 4.78 is 0. The molecule has 2 aliphatic rings. The van der Waals surface area contributed by atoms with E-state index in [-0.39, 0.29) is 10.8 Å². The average molecular weight is 377 g/mol. The van der Waals surface area contributed by atoms with E-state index in [4.69, 9.17) is 4.98 Å². The summed E-state index contributed by atoms with van der Waals surface area (Å²) in [5, 5.41) is 27.0. The zero-order valence-electron chi connectivity index (χ0n) is 17.0. The van der Waals surface area contributed by atoms with Crippen molar-refractivity contribution < 1.29 is 10.4 Å². The van der Waals surface area contributed by atoms with Crippen molar-refractivity contribution in [2.75, 3.05) is 0 Å². The highest BCUT2D eigenvalue weighted by atomic mass is 16.4. The van der Waals surface area contributed by atoms with Gasteiger partial charge in [-0.2, -0.15) is 0 Å². The molecule has 0 unspecified atom stereocenters. The minimum absolute atomic E-state index is 0.0260. The van der Waals surface area contributed by atoms with Gasteiger partial charge in [0.2, 0.25) is 0 Å². The van der Waals surface area contributed by atoms with Gasteiger partial charge in [0.15, 0.2) is 0 Å². The van der Waals surface area contributed by atoms with Crippen LogP contribution in [0.1, 0.15) is 63.1 Å². The molecule has 0 saturated carbocycles. The van der Waals surface area contributed by atoms with Crippen LogP contribution in [-0.2, 0) is 12.8 Å². The van der Waals surface area contributed by atoms with Crippen molar-refractivity contribution >= 4 is 11.4 Å². The first-order chi connectivity index (χ1) is 13.2. The Morgan fingerprint density at radius 2 is 1.18 bits per heavy atom. The van der Waals surface area contributed by atoms with Crippen LogP contribution in [0.15, 0.2) is 40.6 Å². The van der Waals surface area contributed by atoms with E-state index in [1.165, 1.54) is 0 Å². The molecule has 0 bridgehead atoms. The summed E-state index contributed by atoms with van der Waals surface area (Å²) in [7, 11) is 0. The molecule has 1 aromatic heterocycles. The average Bonchev–Trinajstić information content (AvgIpc) is 2.64. The van der Waals surface area contributed by atoms with Gasteiger partial charge in [0, 0.05) is 16.7 Å². The molecule has 1 heterocycles. The van der Waals surface area contributed by atoms with Gasteiger partial charge in [0.25, 0.3) is 0 Å². The van der Waals surface area contributed by atoms with Crippen molar-refractivity contribution in [1.82, 2.24) is 4.98 Å². The number of nitrogens with zero attached hydrogens (tertiary/aromatic N) is 3. The normalized spacial score (nSPS) is 22.7. The molecule has 146 valence electrons. The van der Waals surface area contributed by atoms with Crippen LogP contribution in [0.2, 0.25) is 0 Å². The summed E-state index contributed by atoms with van der Waals surface area (Å²) in [5.41, 5.74) is 6.99. The van der Waals surface area contributed by atoms with Crippen LogP contribution in [0, 0.1) is 10.8 Å². The van der Waals surface area contributed by atoms with Crippen molar-refractivity contribution in [2.24, 2.45) is 21.1 Å². The summed E-state index contributed by atoms with van der Waals surface area (Å²) in [6.45, 7) is 8.70. The molecular formula is C23H27N3O2. The summed E-state index contributed by atoms with van der Waals surface area (Å²) in [5.74, 6) is 0. The Kier molecular flexibility index (Phi) is 4.29. The van der Waals surface area contributed by atoms with Gasteiger partial charge >= 0.3 is 0 Å². The highest BCUT2D eigenvalue weighted by Gasteiger charge is 2.39. The number of aromatic nitrogens is 1. The Morgan fingerprint density at radius 1 is 0.714 bits per heavy atom. The van der Waals surface area contributed by atoms with E-state index in [9.17, 15) is 10.4 Å². The van der Waals surface area contributed by atoms with Gasteiger partial charge in [-0.3, -0.25) is 4.98 Å². The number of benzene rings is 1. The molecule has 4 rings (SSSR count). The van der Waals surface area contributed by atoms with Gasteiger partial charge in [-0.25, -0.2) is 0 Å². The Labute approximate surface area is 165 Å². The van der Waals surface area contributed by atoms with Crippen molar-refractivity contribution in [2.45, 2.75) is 53.4 Å². The van der Waals surface area contributed by atoms with Crippen LogP contribution in [0.25, 0.3) is 11.1 Å². The topological polar surface area (TPSA) is 78.1 Å². The zero-order valence-corrected chi connectivity index (χ0v) is 17.0. The number of hydrogen-bond acceptors (Lipinski definition) is 5. The minimum Gasteiger partial charge on any atom is -0.411 e. The zero-order chi connectivity index (χ0) is 20.1. The molecule has 0 aliphatic heterocycles. The third-order valence-electron chi connectivity index (χ3n) is 5.81. The molecule has 0 spiro atoms. The van der Waals surface area contributed by atoms with Gasteiger partial charge in [-0.05, 0) is 42.1 Å². The van der Waals surface area contributed by atoms with E-state index in [0.717, 1.165) is 46.5 Å². The Bertz CT molecular complexity index is 930. The standard InChI is InChI=1S/C23H27N3O2/c1-22(2)10-15-20(17(12-22)25-27)19(14-8-6-5-7-9-14)21-16(24-15)11-23(3,4)13-18(21)26-28/h5-9,27-28H,10-13H2,1-4H3/b25-17-,26-18-. The summed E-state index contributed by atoms with van der Waals surface area (Å²) in [6, 6.07) is 10.1. The minimum atomic E-state index is -0.0260. The molecule has 0 radical (unpaired) electrons. The second-order valence-corrected chi connectivity index (χ2v) is 9.63. The van der Waals surface area contributed by atoms with Crippen LogP contribution < -0.4 is 0 Å². The monoisotopic (exact) mass is 377 g/mol. The van der Waals surface area contributed by atoms with Gasteiger partial charge in [-0.15, -0.1) is 0 Å². The van der Waals surface area contributed by atoms with Crippen molar-refractivity contribution in [3.8, 4) is 11.1 Å². The Morgan fingerprint density at radius 3 is 1.61 bits per heavy atom. The molecule has 2 N–H and O–H groups in total. The molecule has 0 saturated heterocycles. The predicted octanol–water partition coefficient (Wildman–Crippen LogP) is 5.05. The number of oxime groups is 2. The maximum atomic E-state index is 9.83. The molecule has 0 atom stereocenters. The van der Waals surface area contributed by atoms with E-state index in [2.05, 4.69) is 50.1 Å². The fraction of sp³-hybridized carbons (Fsp3) is 0.435. The van der Waals surface area contributed by atoms with Crippen LogP contribution in [-0.4, -0.2) is 26.8 Å². The molecule has 5 heteroatoms. The maximum absolute atomic E-state index is 9.83. The second kappa shape index (κ2) is 6.43. The quantitative estimate of drug-likeness (QED) is 0.539. The molecule has 2 aliphatic carbocycles. The molecular weight excluding hydrogens is 350 g/mol. The van der Waals surface area contributed by atoms with Crippen molar-refractivity contribution in [3.63, 3.8) is 0 Å². The first-order valence-electron chi connectivity index (χ1n) is 9.78. The van der Waals surface area contributed by atoms with E-state index >= 15 is 0 Å². The highest BCUT2D eigenvalue weighted by Crippen LogP contribution is 2.45. The maximum Gasteiger partial charge on any atom is 0.0898 e. The lowest BCUT2D eigenvalue weighted by Crippen LogP contribution is -2.34. The lowest BCUT2D eigenvalue weighted by atomic mass is 9.69. The van der Waals surface area contributed by atoms with Gasteiger partial charge < -0.3 is 10.4 Å². The van der Waals surface area contributed by atoms with Crippen LogP contribution in [0.5, 0.6) is 0 Å². The van der Waals surface area contributed by atoms with Gasteiger partial charge in [0.05, 0.1) is 22.8 Å². The lowest BCUT2D eigenvalue weighted by Gasteiger charge is -2.37. The van der Waals surface area contributed by atoms with Gasteiger partial charge in [-0.1, -0.05) is 68.3 Å². The first kappa shape index (κ1) is 18.7. The highest BCUT2D eigenvalue weighted by molar-refractivity contribution is 6.15. The SMILES string of the molecule is CC1(C)C/C(=N/O)c2c(nc3c(c2-c2ccccc2)/C(=N\O)CC(C)(C)C3)C1. The molecule has 2 aromatic rings. The van der Waals surface area contributed by atoms with E-state index < -0.39 is 0 Å². The van der Waals surface area contributed by atoms with Crippen LogP contribution in [0.3, 0.4) is 0 Å². The summed E-state index contributed by atoms with van der Waals surface area (Å²) in [6.07, 6.45) is 2.99. The first-order valence-corrected chi connectivity index (χ1v) is 9.78. The smallest absolute Gasteiger partial charge is 0.0898 e. The molecule has 5 nitrogen and oxygen atoms in total. The Balaban J connectivity index is 2.11. The Hall–Kier alpha value is -2.69. The predicted molar refractivity (Wildman–Crippen MR) is 111 cm³/mol. The third kappa shape index (κ3) is 3.09. The van der Waals surface area contributed by atoms with Crippen LogP contribution >= 0.6 is 0 Å². The summed E-state index contributed by atoms with van der Waals surface area (Å²) >= 11 is 0. The number of hydrogen-bond donors (Lipinski definition) is 2. The second-order valence-electron chi connectivity index (χ2n) is 9.63. The molecule has 0 fully saturated rings. The number of pyridine rings is 1. The van der Waals surface area contributed by atoms with Crippen LogP contribution in [0.4, 0.5) is 0 Å². The number of rotatable bonds is 1. The van der Waals surface area contributed by atoms with E-state index in [1.54, 1.807) is 0 Å². The van der Waals surface area contributed by atoms with E-state index in [1.807, 2.05) is 18.2 Å². The van der Waals surface area contributed by atoms with E-state index in [0.29, 0.717) is 24.3 Å². The van der Waals surface area contributed by atoms with Gasteiger partial charge in [0.1, 0.15) is 0 Å². The fourth-order valence-corrected chi connectivity index (χ4v) is 4.74. The molecule has 1 aromatic carbocycles. The number of fused-ring (bicyclic) bond motifs is 2. The molecule has 28 heavy (non-hydrogen) atoms. The largest absolute Gasteiger partial charge is 0.411 e.